The molecule has 0 radical (unpaired) electrons. The first-order valence-corrected chi connectivity index (χ1v) is 7.80. The van der Waals surface area contributed by atoms with Crippen LogP contribution < -0.4 is 5.32 Å². The Morgan fingerprint density at radius 2 is 1.81 bits per heavy atom. The Hall–Kier alpha value is -1.56. The van der Waals surface area contributed by atoms with Crippen LogP contribution in [0.5, 0.6) is 0 Å². The number of halogens is 1. The molecule has 1 N–H and O–H groups in total. The van der Waals surface area contributed by atoms with E-state index in [0.717, 1.165) is 15.7 Å². The number of aryl methyl sites for hydroxylation is 1. The fraction of sp³-hybridized carbons (Fsp3) is 0.467. The van der Waals surface area contributed by atoms with Gasteiger partial charge in [0, 0.05) is 43.3 Å². The van der Waals surface area contributed by atoms with Crippen molar-refractivity contribution >= 4 is 33.4 Å². The highest BCUT2D eigenvalue weighted by molar-refractivity contribution is 9.10. The van der Waals surface area contributed by atoms with Crippen molar-refractivity contribution in [2.24, 2.45) is 0 Å². The van der Waals surface area contributed by atoms with Crippen LogP contribution in [-0.2, 0) is 9.59 Å². The summed E-state index contributed by atoms with van der Waals surface area (Å²) >= 11 is 3.42. The molecule has 0 saturated carbocycles. The fourth-order valence-corrected chi connectivity index (χ4v) is 2.85. The molecule has 0 atom stereocenters. The Morgan fingerprint density at radius 1 is 1.19 bits per heavy atom. The van der Waals surface area contributed by atoms with E-state index in [2.05, 4.69) is 21.2 Å². The first-order valence-electron chi connectivity index (χ1n) is 7.00. The third kappa shape index (κ3) is 4.20. The minimum atomic E-state index is 0.0699. The molecule has 0 spiro atoms. The molecule has 0 bridgehead atoms. The van der Waals surface area contributed by atoms with Crippen molar-refractivity contribution in [3.63, 3.8) is 0 Å². The normalized spacial score (nSPS) is 15.0. The zero-order chi connectivity index (χ0) is 15.4. The van der Waals surface area contributed by atoms with Crippen molar-refractivity contribution in [3.8, 4) is 0 Å². The van der Waals surface area contributed by atoms with Crippen molar-refractivity contribution in [1.82, 2.24) is 9.80 Å². The standard InChI is InChI=1S/C15H20BrN3O2/c1-11-9-13(16)3-4-14(11)17-10-15(21)19-7-5-18(6-8-19)12(2)20/h3-4,9,17H,5-8,10H2,1-2H3. The van der Waals surface area contributed by atoms with Crippen molar-refractivity contribution in [2.45, 2.75) is 13.8 Å². The number of hydrogen-bond donors (Lipinski definition) is 1. The summed E-state index contributed by atoms with van der Waals surface area (Å²) in [6.45, 7) is 6.32. The second kappa shape index (κ2) is 6.93. The average molecular weight is 354 g/mol. The number of rotatable bonds is 3. The molecule has 0 aromatic heterocycles. The van der Waals surface area contributed by atoms with Crippen LogP contribution in [-0.4, -0.2) is 54.3 Å². The van der Waals surface area contributed by atoms with Crippen molar-refractivity contribution in [3.05, 3.63) is 28.2 Å². The summed E-state index contributed by atoms with van der Waals surface area (Å²) in [6.07, 6.45) is 0. The molecule has 0 aliphatic carbocycles. The van der Waals surface area contributed by atoms with Gasteiger partial charge in [0.1, 0.15) is 0 Å². The van der Waals surface area contributed by atoms with E-state index in [1.165, 1.54) is 0 Å². The van der Waals surface area contributed by atoms with E-state index >= 15 is 0 Å². The molecule has 5 nitrogen and oxygen atoms in total. The molecule has 114 valence electrons. The van der Waals surface area contributed by atoms with Crippen LogP contribution in [0.25, 0.3) is 0 Å². The second-order valence-corrected chi connectivity index (χ2v) is 6.12. The molecule has 2 rings (SSSR count). The third-order valence-corrected chi connectivity index (χ3v) is 4.19. The summed E-state index contributed by atoms with van der Waals surface area (Å²) in [4.78, 5) is 27.0. The molecule has 1 saturated heterocycles. The summed E-state index contributed by atoms with van der Waals surface area (Å²) in [5.74, 6) is 0.145. The molecule has 1 fully saturated rings. The van der Waals surface area contributed by atoms with E-state index in [4.69, 9.17) is 0 Å². The molecule has 1 aromatic carbocycles. The highest BCUT2D eigenvalue weighted by Gasteiger charge is 2.21. The summed E-state index contributed by atoms with van der Waals surface area (Å²) in [5, 5.41) is 3.18. The maximum atomic E-state index is 12.2. The van der Waals surface area contributed by atoms with Crippen molar-refractivity contribution in [1.29, 1.82) is 0 Å². The lowest BCUT2D eigenvalue weighted by Gasteiger charge is -2.34. The topological polar surface area (TPSA) is 52.7 Å². The van der Waals surface area contributed by atoms with Gasteiger partial charge in [-0.25, -0.2) is 0 Å². The van der Waals surface area contributed by atoms with Gasteiger partial charge in [-0.3, -0.25) is 9.59 Å². The average Bonchev–Trinajstić information content (AvgIpc) is 2.46. The highest BCUT2D eigenvalue weighted by Crippen LogP contribution is 2.19. The monoisotopic (exact) mass is 353 g/mol. The summed E-state index contributed by atoms with van der Waals surface area (Å²) in [6, 6.07) is 5.92. The van der Waals surface area contributed by atoms with Crippen LogP contribution in [0, 0.1) is 6.92 Å². The van der Waals surface area contributed by atoms with Gasteiger partial charge < -0.3 is 15.1 Å². The maximum Gasteiger partial charge on any atom is 0.241 e. The van der Waals surface area contributed by atoms with Gasteiger partial charge in [-0.2, -0.15) is 0 Å². The molecule has 1 heterocycles. The summed E-state index contributed by atoms with van der Waals surface area (Å²) in [7, 11) is 0. The van der Waals surface area contributed by atoms with Crippen LogP contribution in [0.1, 0.15) is 12.5 Å². The predicted octanol–water partition coefficient (Wildman–Crippen LogP) is 1.86. The number of hydrogen-bond acceptors (Lipinski definition) is 3. The summed E-state index contributed by atoms with van der Waals surface area (Å²) in [5.41, 5.74) is 2.06. The number of nitrogens with one attached hydrogen (secondary N) is 1. The van der Waals surface area contributed by atoms with E-state index < -0.39 is 0 Å². The Balaban J connectivity index is 1.84. The minimum absolute atomic E-state index is 0.0699. The Bertz CT molecular complexity index is 540. The fourth-order valence-electron chi connectivity index (χ4n) is 2.38. The van der Waals surface area contributed by atoms with E-state index in [1.54, 1.807) is 16.7 Å². The quantitative estimate of drug-likeness (QED) is 0.902. The molecule has 0 unspecified atom stereocenters. The van der Waals surface area contributed by atoms with E-state index in [-0.39, 0.29) is 18.4 Å². The maximum absolute atomic E-state index is 12.2. The Kier molecular flexibility index (Phi) is 5.22. The largest absolute Gasteiger partial charge is 0.376 e. The number of anilines is 1. The number of carbonyl (C=O) groups is 2. The van der Waals surface area contributed by atoms with E-state index in [9.17, 15) is 9.59 Å². The molecule has 6 heteroatoms. The van der Waals surface area contributed by atoms with Crippen LogP contribution >= 0.6 is 15.9 Å². The number of nitrogens with zero attached hydrogens (tertiary/aromatic N) is 2. The number of benzene rings is 1. The van der Waals surface area contributed by atoms with E-state index in [1.807, 2.05) is 25.1 Å². The third-order valence-electron chi connectivity index (χ3n) is 3.70. The lowest BCUT2D eigenvalue weighted by Crippen LogP contribution is -2.51. The first kappa shape index (κ1) is 15.8. The molecular formula is C15H20BrN3O2. The smallest absolute Gasteiger partial charge is 0.241 e. The van der Waals surface area contributed by atoms with Crippen molar-refractivity contribution < 1.29 is 9.59 Å². The molecular weight excluding hydrogens is 334 g/mol. The van der Waals surface area contributed by atoms with Gasteiger partial charge in [0.15, 0.2) is 0 Å². The van der Waals surface area contributed by atoms with Crippen LogP contribution in [0.15, 0.2) is 22.7 Å². The second-order valence-electron chi connectivity index (χ2n) is 5.20. The number of carbonyl (C=O) groups excluding carboxylic acids is 2. The number of amides is 2. The molecule has 1 aromatic rings. The van der Waals surface area contributed by atoms with Crippen LogP contribution in [0.4, 0.5) is 5.69 Å². The molecule has 1 aliphatic heterocycles. The lowest BCUT2D eigenvalue weighted by molar-refractivity contribution is -0.137. The van der Waals surface area contributed by atoms with Gasteiger partial charge in [-0.15, -0.1) is 0 Å². The van der Waals surface area contributed by atoms with Crippen LogP contribution in [0.3, 0.4) is 0 Å². The zero-order valence-electron chi connectivity index (χ0n) is 12.4. The highest BCUT2D eigenvalue weighted by atomic mass is 79.9. The Morgan fingerprint density at radius 3 is 2.38 bits per heavy atom. The summed E-state index contributed by atoms with van der Waals surface area (Å²) < 4.78 is 1.03. The van der Waals surface area contributed by atoms with Gasteiger partial charge in [-0.05, 0) is 30.7 Å². The SMILES string of the molecule is CC(=O)N1CCN(C(=O)CNc2ccc(Br)cc2C)CC1. The van der Waals surface area contributed by atoms with Gasteiger partial charge in [-0.1, -0.05) is 15.9 Å². The Labute approximate surface area is 133 Å². The predicted molar refractivity (Wildman–Crippen MR) is 86.2 cm³/mol. The van der Waals surface area contributed by atoms with Crippen molar-refractivity contribution in [2.75, 3.05) is 38.0 Å². The number of piperazine rings is 1. The van der Waals surface area contributed by atoms with Gasteiger partial charge >= 0.3 is 0 Å². The van der Waals surface area contributed by atoms with E-state index in [0.29, 0.717) is 26.2 Å². The molecule has 2 amide bonds. The van der Waals surface area contributed by atoms with Crippen LogP contribution in [0.2, 0.25) is 0 Å². The molecule has 1 aliphatic rings. The van der Waals surface area contributed by atoms with Gasteiger partial charge in [0.25, 0.3) is 0 Å². The lowest BCUT2D eigenvalue weighted by atomic mass is 10.2. The molecule has 21 heavy (non-hydrogen) atoms. The first-order chi connectivity index (χ1) is 9.97. The van der Waals surface area contributed by atoms with Gasteiger partial charge in [0.2, 0.25) is 11.8 Å². The van der Waals surface area contributed by atoms with Gasteiger partial charge in [0.05, 0.1) is 6.54 Å². The minimum Gasteiger partial charge on any atom is -0.376 e. The zero-order valence-corrected chi connectivity index (χ0v) is 13.9.